The van der Waals surface area contributed by atoms with Crippen molar-refractivity contribution >= 4 is 0 Å². The van der Waals surface area contributed by atoms with E-state index in [1.165, 1.54) is 12.8 Å². The zero-order valence-electron chi connectivity index (χ0n) is 13.2. The molecule has 0 aliphatic heterocycles. The average Bonchev–Trinajstić information content (AvgIpc) is 3.07. The molecule has 1 aromatic rings. The number of nitrogens with two attached hydrogens (primary N) is 1. The van der Waals surface area contributed by atoms with Gasteiger partial charge in [0.05, 0.1) is 0 Å². The van der Waals surface area contributed by atoms with Crippen LogP contribution in [0.4, 0.5) is 0 Å². The maximum absolute atomic E-state index is 6.11. The van der Waals surface area contributed by atoms with Gasteiger partial charge in [0, 0.05) is 18.6 Å². The van der Waals surface area contributed by atoms with Gasteiger partial charge >= 0.3 is 0 Å². The molecule has 2 N–H and O–H groups in total. The van der Waals surface area contributed by atoms with Gasteiger partial charge in [0.1, 0.15) is 5.60 Å². The number of ether oxygens (including phenoxy) is 1. The van der Waals surface area contributed by atoms with Gasteiger partial charge in [0.15, 0.2) is 0 Å². The maximum Gasteiger partial charge on any atom is 0.229 e. The number of aromatic nitrogens is 2. The molecule has 0 bridgehead atoms. The summed E-state index contributed by atoms with van der Waals surface area (Å²) in [6.07, 6.45) is 7.48. The van der Waals surface area contributed by atoms with Crippen LogP contribution in [-0.4, -0.2) is 22.8 Å². The summed E-state index contributed by atoms with van der Waals surface area (Å²) in [5, 5.41) is 4.28. The maximum atomic E-state index is 6.11. The van der Waals surface area contributed by atoms with Gasteiger partial charge in [0.25, 0.3) is 0 Å². The van der Waals surface area contributed by atoms with Gasteiger partial charge in [-0.2, -0.15) is 4.98 Å². The lowest BCUT2D eigenvalue weighted by Gasteiger charge is -2.37. The molecule has 1 aromatic heterocycles. The third-order valence-electron chi connectivity index (χ3n) is 5.05. The minimum absolute atomic E-state index is 0.279. The van der Waals surface area contributed by atoms with Crippen molar-refractivity contribution in [1.29, 1.82) is 0 Å². The Morgan fingerprint density at radius 1 is 1.38 bits per heavy atom. The van der Waals surface area contributed by atoms with E-state index in [4.69, 9.17) is 20.0 Å². The van der Waals surface area contributed by atoms with E-state index in [1.807, 2.05) is 6.92 Å². The zero-order valence-corrected chi connectivity index (χ0v) is 13.2. The molecular weight excluding hydrogens is 266 g/mol. The molecule has 0 aromatic carbocycles. The largest absolute Gasteiger partial charge is 0.367 e. The quantitative estimate of drug-likeness (QED) is 0.923. The Bertz CT molecular complexity index is 472. The fourth-order valence-corrected chi connectivity index (χ4v) is 4.00. The molecule has 0 radical (unpaired) electrons. The molecule has 0 saturated heterocycles. The van der Waals surface area contributed by atoms with Crippen molar-refractivity contribution in [2.24, 2.45) is 11.7 Å². The number of rotatable bonds is 4. The summed E-state index contributed by atoms with van der Waals surface area (Å²) in [4.78, 5) is 4.72. The summed E-state index contributed by atoms with van der Waals surface area (Å²) >= 11 is 0. The second-order valence-electron chi connectivity index (χ2n) is 6.86. The van der Waals surface area contributed by atoms with Crippen LogP contribution in [0.25, 0.3) is 0 Å². The molecule has 0 amide bonds. The van der Waals surface area contributed by atoms with Crippen molar-refractivity contribution in [3.8, 4) is 0 Å². The van der Waals surface area contributed by atoms with Crippen molar-refractivity contribution in [2.45, 2.75) is 76.4 Å². The molecule has 0 spiro atoms. The molecule has 4 unspecified atom stereocenters. The van der Waals surface area contributed by atoms with E-state index in [9.17, 15) is 0 Å². The van der Waals surface area contributed by atoms with Gasteiger partial charge in [0.2, 0.25) is 11.7 Å². The van der Waals surface area contributed by atoms with Gasteiger partial charge in [-0.15, -0.1) is 0 Å². The molecule has 2 aliphatic carbocycles. The Morgan fingerprint density at radius 2 is 2.24 bits per heavy atom. The van der Waals surface area contributed by atoms with Crippen LogP contribution in [0.3, 0.4) is 0 Å². The predicted molar refractivity (Wildman–Crippen MR) is 79.8 cm³/mol. The lowest BCUT2D eigenvalue weighted by Crippen LogP contribution is -2.36. The van der Waals surface area contributed by atoms with Gasteiger partial charge in [-0.1, -0.05) is 18.5 Å². The molecule has 118 valence electrons. The lowest BCUT2D eigenvalue weighted by molar-refractivity contribution is -0.0891. The normalized spacial score (nSPS) is 37.0. The van der Waals surface area contributed by atoms with Crippen molar-refractivity contribution in [1.82, 2.24) is 10.1 Å². The minimum Gasteiger partial charge on any atom is -0.367 e. The number of hydrogen-bond donors (Lipinski definition) is 1. The van der Waals surface area contributed by atoms with Gasteiger partial charge < -0.3 is 15.0 Å². The fourth-order valence-electron chi connectivity index (χ4n) is 4.00. The monoisotopic (exact) mass is 293 g/mol. The Kier molecular flexibility index (Phi) is 4.31. The molecule has 2 aliphatic rings. The Balaban J connectivity index is 1.81. The second-order valence-corrected chi connectivity index (χ2v) is 6.86. The van der Waals surface area contributed by atoms with Crippen LogP contribution >= 0.6 is 0 Å². The van der Waals surface area contributed by atoms with Crippen LogP contribution in [0.2, 0.25) is 0 Å². The van der Waals surface area contributed by atoms with Gasteiger partial charge in [-0.05, 0) is 51.4 Å². The summed E-state index contributed by atoms with van der Waals surface area (Å²) in [5.74, 6) is 2.50. The summed E-state index contributed by atoms with van der Waals surface area (Å²) in [5.41, 5.74) is 5.65. The van der Waals surface area contributed by atoms with Gasteiger partial charge in [-0.25, -0.2) is 0 Å². The van der Waals surface area contributed by atoms with E-state index in [2.05, 4.69) is 12.1 Å². The number of hydrogen-bond acceptors (Lipinski definition) is 5. The van der Waals surface area contributed by atoms with Crippen LogP contribution in [0.1, 0.15) is 76.4 Å². The lowest BCUT2D eigenvalue weighted by atomic mass is 9.78. The van der Waals surface area contributed by atoms with Crippen molar-refractivity contribution < 1.29 is 9.26 Å². The average molecular weight is 293 g/mol. The first-order chi connectivity index (χ1) is 10.1. The van der Waals surface area contributed by atoms with Crippen LogP contribution in [-0.2, 0) is 10.3 Å². The molecule has 3 rings (SSSR count). The number of nitrogens with zero attached hydrogens (tertiary/aromatic N) is 2. The Morgan fingerprint density at radius 3 is 2.90 bits per heavy atom. The smallest absolute Gasteiger partial charge is 0.229 e. The summed E-state index contributed by atoms with van der Waals surface area (Å²) in [7, 11) is 0. The molecule has 2 saturated carbocycles. The zero-order chi connectivity index (χ0) is 14.9. The second kappa shape index (κ2) is 6.05. The van der Waals surface area contributed by atoms with Crippen LogP contribution in [0.15, 0.2) is 4.52 Å². The third-order valence-corrected chi connectivity index (χ3v) is 5.05. The highest BCUT2D eigenvalue weighted by atomic mass is 16.5. The van der Waals surface area contributed by atoms with Gasteiger partial charge in [-0.3, -0.25) is 0 Å². The standard InChI is InChI=1S/C16H27N3O2/c1-3-20-16(8-4-5-11(2)10-16)15-18-14(21-19-15)12-6-7-13(17)9-12/h11-13H,3-10,17H2,1-2H3. The summed E-state index contributed by atoms with van der Waals surface area (Å²) in [6.45, 7) is 5.01. The first-order valence-corrected chi connectivity index (χ1v) is 8.36. The van der Waals surface area contributed by atoms with E-state index in [0.717, 1.165) is 43.8 Å². The Labute approximate surface area is 126 Å². The van der Waals surface area contributed by atoms with Crippen molar-refractivity contribution in [2.75, 3.05) is 6.61 Å². The SMILES string of the molecule is CCOC1(c2noc(C3CCC(N)C3)n2)CCCC(C)C1. The third kappa shape index (κ3) is 2.99. The van der Waals surface area contributed by atoms with Crippen LogP contribution in [0, 0.1) is 5.92 Å². The van der Waals surface area contributed by atoms with Crippen LogP contribution < -0.4 is 5.73 Å². The molecule has 5 heteroatoms. The van der Waals surface area contributed by atoms with E-state index in [0.29, 0.717) is 18.4 Å². The molecule has 1 heterocycles. The van der Waals surface area contributed by atoms with Crippen molar-refractivity contribution in [3.05, 3.63) is 11.7 Å². The highest BCUT2D eigenvalue weighted by molar-refractivity contribution is 5.07. The van der Waals surface area contributed by atoms with E-state index < -0.39 is 0 Å². The topological polar surface area (TPSA) is 74.2 Å². The predicted octanol–water partition coefficient (Wildman–Crippen LogP) is 3.11. The highest BCUT2D eigenvalue weighted by Gasteiger charge is 2.42. The molecular formula is C16H27N3O2. The van der Waals surface area contributed by atoms with E-state index >= 15 is 0 Å². The highest BCUT2D eigenvalue weighted by Crippen LogP contribution is 2.42. The van der Waals surface area contributed by atoms with Crippen LogP contribution in [0.5, 0.6) is 0 Å². The molecule has 21 heavy (non-hydrogen) atoms. The Hall–Kier alpha value is -0.940. The molecule has 4 atom stereocenters. The molecule has 5 nitrogen and oxygen atoms in total. The minimum atomic E-state index is -0.338. The first kappa shape index (κ1) is 15.0. The summed E-state index contributed by atoms with van der Waals surface area (Å²) < 4.78 is 11.7. The van der Waals surface area contributed by atoms with E-state index in [-0.39, 0.29) is 11.6 Å². The van der Waals surface area contributed by atoms with Crippen molar-refractivity contribution in [3.63, 3.8) is 0 Å². The van der Waals surface area contributed by atoms with E-state index in [1.54, 1.807) is 0 Å². The molecule has 2 fully saturated rings. The first-order valence-electron chi connectivity index (χ1n) is 8.36. The summed E-state index contributed by atoms with van der Waals surface area (Å²) in [6, 6.07) is 0.279. The fraction of sp³-hybridized carbons (Fsp3) is 0.875.